The van der Waals surface area contributed by atoms with Crippen LogP contribution in [0.3, 0.4) is 0 Å². The summed E-state index contributed by atoms with van der Waals surface area (Å²) in [6.07, 6.45) is -0.733. The number of halogens is 2. The summed E-state index contributed by atoms with van der Waals surface area (Å²) in [5.41, 5.74) is -0.225. The molecule has 1 atom stereocenters. The first-order chi connectivity index (χ1) is 23.7. The minimum absolute atomic E-state index is 0.0642. The standard InChI is InChI=1S/C37H38F2N4O7/c1-36(2,3)50-35(46)42-37(4,34(45)49-7)23-14-11-21(12-15-23)17-27-31-28(41-32(40-27)30-25(38)9-8-10-26(30)39)20-43(33(31)44)19-22-13-16-24(47-5)18-29(22)48-6/h8-16,18H,17,19-20H2,1-7H3,(H,42,46)/t37-/m0/s1. The van der Waals surface area contributed by atoms with Crippen LogP contribution in [-0.4, -0.2) is 59.8 Å². The molecule has 11 nitrogen and oxygen atoms in total. The van der Waals surface area contributed by atoms with E-state index in [0.717, 1.165) is 12.1 Å². The molecule has 0 saturated carbocycles. The third-order valence-corrected chi connectivity index (χ3v) is 8.19. The fourth-order valence-corrected chi connectivity index (χ4v) is 5.70. The quantitative estimate of drug-likeness (QED) is 0.197. The zero-order chi connectivity index (χ0) is 36.4. The number of carbonyl (C=O) groups is 3. The van der Waals surface area contributed by atoms with Gasteiger partial charge >= 0.3 is 12.1 Å². The van der Waals surface area contributed by atoms with Gasteiger partial charge in [0.15, 0.2) is 11.4 Å². The van der Waals surface area contributed by atoms with Crippen molar-refractivity contribution in [1.82, 2.24) is 20.2 Å². The molecule has 13 heteroatoms. The highest BCUT2D eigenvalue weighted by atomic mass is 19.1. The summed E-state index contributed by atoms with van der Waals surface area (Å²) >= 11 is 0. The van der Waals surface area contributed by atoms with E-state index in [0.29, 0.717) is 33.9 Å². The number of ether oxygens (including phenoxy) is 4. The molecule has 3 aromatic carbocycles. The first-order valence-electron chi connectivity index (χ1n) is 15.7. The Labute approximate surface area is 288 Å². The van der Waals surface area contributed by atoms with Gasteiger partial charge in [-0.05, 0) is 63.1 Å². The molecule has 0 bridgehead atoms. The second-order valence-electron chi connectivity index (χ2n) is 12.9. The number of carbonyl (C=O) groups excluding carboxylic acids is 3. The Balaban J connectivity index is 1.51. The summed E-state index contributed by atoms with van der Waals surface area (Å²) in [5.74, 6) is -1.85. The van der Waals surface area contributed by atoms with Gasteiger partial charge in [-0.25, -0.2) is 28.3 Å². The number of alkyl carbamates (subject to hydrolysis) is 1. The molecule has 5 rings (SSSR count). The number of nitrogens with one attached hydrogen (secondary N) is 1. The normalized spacial score (nSPS) is 13.7. The van der Waals surface area contributed by atoms with Gasteiger partial charge in [-0.1, -0.05) is 30.3 Å². The number of esters is 1. The lowest BCUT2D eigenvalue weighted by atomic mass is 9.90. The van der Waals surface area contributed by atoms with E-state index < -0.39 is 40.4 Å². The molecule has 1 N–H and O–H groups in total. The van der Waals surface area contributed by atoms with Crippen molar-refractivity contribution in [2.24, 2.45) is 0 Å². The van der Waals surface area contributed by atoms with E-state index >= 15 is 0 Å². The second-order valence-corrected chi connectivity index (χ2v) is 12.9. The molecule has 0 radical (unpaired) electrons. The Morgan fingerprint density at radius 3 is 2.18 bits per heavy atom. The minimum atomic E-state index is -1.60. The molecule has 2 heterocycles. The maximum atomic E-state index is 15.0. The van der Waals surface area contributed by atoms with E-state index in [1.165, 1.54) is 34.3 Å². The van der Waals surface area contributed by atoms with E-state index in [1.54, 1.807) is 68.1 Å². The third-order valence-electron chi connectivity index (χ3n) is 8.19. The zero-order valence-electron chi connectivity index (χ0n) is 28.9. The molecule has 50 heavy (non-hydrogen) atoms. The molecule has 0 spiro atoms. The predicted molar refractivity (Wildman–Crippen MR) is 178 cm³/mol. The number of hydrogen-bond acceptors (Lipinski definition) is 9. The van der Waals surface area contributed by atoms with Crippen molar-refractivity contribution in [3.63, 3.8) is 0 Å². The van der Waals surface area contributed by atoms with Gasteiger partial charge in [0.2, 0.25) is 0 Å². The van der Waals surface area contributed by atoms with Gasteiger partial charge in [0, 0.05) is 18.1 Å². The summed E-state index contributed by atoms with van der Waals surface area (Å²) in [4.78, 5) is 50.1. The SMILES string of the molecule is COC(=O)[C@@](C)(NC(=O)OC(C)(C)C)c1ccc(Cc2nc(-c3c(F)cccc3F)nc3c2C(=O)N(Cc2ccc(OC)cc2OC)C3)cc1. The lowest BCUT2D eigenvalue weighted by Gasteiger charge is -2.30. The fraction of sp³-hybridized carbons (Fsp3) is 0.324. The summed E-state index contributed by atoms with van der Waals surface area (Å²) in [6, 6.07) is 15.4. The largest absolute Gasteiger partial charge is 0.497 e. The maximum absolute atomic E-state index is 15.0. The smallest absolute Gasteiger partial charge is 0.408 e. The molecule has 0 fully saturated rings. The number of rotatable bonds is 10. The second kappa shape index (κ2) is 14.1. The zero-order valence-corrected chi connectivity index (χ0v) is 28.9. The van der Waals surface area contributed by atoms with Crippen molar-refractivity contribution in [3.8, 4) is 22.9 Å². The van der Waals surface area contributed by atoms with Gasteiger partial charge in [-0.3, -0.25) is 4.79 Å². The average Bonchev–Trinajstić information content (AvgIpc) is 3.38. The Morgan fingerprint density at radius 1 is 0.900 bits per heavy atom. The number of nitrogens with zero attached hydrogens (tertiary/aromatic N) is 3. The summed E-state index contributed by atoms with van der Waals surface area (Å²) < 4.78 is 51.1. The van der Waals surface area contributed by atoms with Gasteiger partial charge in [0.1, 0.15) is 28.7 Å². The van der Waals surface area contributed by atoms with E-state index in [2.05, 4.69) is 15.3 Å². The van der Waals surface area contributed by atoms with Crippen LogP contribution in [0.1, 0.15) is 66.1 Å². The Bertz CT molecular complexity index is 1930. The van der Waals surface area contributed by atoms with Gasteiger partial charge in [0.05, 0.1) is 56.9 Å². The van der Waals surface area contributed by atoms with Crippen LogP contribution in [-0.2, 0) is 39.3 Å². The van der Waals surface area contributed by atoms with Crippen LogP contribution in [0.5, 0.6) is 11.5 Å². The predicted octanol–water partition coefficient (Wildman–Crippen LogP) is 6.10. The Hall–Kier alpha value is -5.59. The minimum Gasteiger partial charge on any atom is -0.497 e. The lowest BCUT2D eigenvalue weighted by Crippen LogP contribution is -2.51. The van der Waals surface area contributed by atoms with Crippen molar-refractivity contribution < 1.29 is 42.1 Å². The average molecular weight is 689 g/mol. The van der Waals surface area contributed by atoms with Crippen molar-refractivity contribution >= 4 is 18.0 Å². The lowest BCUT2D eigenvalue weighted by molar-refractivity contribution is -0.148. The first-order valence-corrected chi connectivity index (χ1v) is 15.7. The molecular weight excluding hydrogens is 650 g/mol. The highest BCUT2D eigenvalue weighted by molar-refractivity contribution is 5.99. The Kier molecular flexibility index (Phi) is 10.1. The van der Waals surface area contributed by atoms with Crippen LogP contribution in [0.4, 0.5) is 13.6 Å². The number of aromatic nitrogens is 2. The van der Waals surface area contributed by atoms with E-state index in [1.807, 2.05) is 0 Å². The molecule has 262 valence electrons. The van der Waals surface area contributed by atoms with Crippen molar-refractivity contribution in [1.29, 1.82) is 0 Å². The highest BCUT2D eigenvalue weighted by Crippen LogP contribution is 2.34. The van der Waals surface area contributed by atoms with Crippen LogP contribution in [0.2, 0.25) is 0 Å². The molecule has 0 unspecified atom stereocenters. The number of amides is 2. The van der Waals surface area contributed by atoms with Crippen LogP contribution < -0.4 is 14.8 Å². The Morgan fingerprint density at radius 2 is 1.58 bits per heavy atom. The van der Waals surface area contributed by atoms with Crippen LogP contribution in [0.25, 0.3) is 11.4 Å². The molecule has 2 amide bonds. The highest BCUT2D eigenvalue weighted by Gasteiger charge is 2.40. The fourth-order valence-electron chi connectivity index (χ4n) is 5.70. The maximum Gasteiger partial charge on any atom is 0.408 e. The number of fused-ring (bicyclic) bond motifs is 1. The number of hydrogen-bond donors (Lipinski definition) is 1. The monoisotopic (exact) mass is 688 g/mol. The summed E-state index contributed by atoms with van der Waals surface area (Å²) in [5, 5.41) is 2.61. The topological polar surface area (TPSA) is 129 Å². The van der Waals surface area contributed by atoms with Crippen LogP contribution in [0.15, 0.2) is 60.7 Å². The van der Waals surface area contributed by atoms with Crippen LogP contribution in [0, 0.1) is 11.6 Å². The molecular formula is C37H38F2N4O7. The first kappa shape index (κ1) is 35.7. The van der Waals surface area contributed by atoms with Gasteiger partial charge in [-0.2, -0.15) is 0 Å². The van der Waals surface area contributed by atoms with Gasteiger partial charge < -0.3 is 29.2 Å². The molecule has 1 aliphatic heterocycles. The van der Waals surface area contributed by atoms with Crippen molar-refractivity contribution in [2.45, 2.75) is 58.3 Å². The van der Waals surface area contributed by atoms with Gasteiger partial charge in [-0.15, -0.1) is 0 Å². The van der Waals surface area contributed by atoms with Crippen molar-refractivity contribution in [2.75, 3.05) is 21.3 Å². The van der Waals surface area contributed by atoms with Crippen LogP contribution >= 0.6 is 0 Å². The van der Waals surface area contributed by atoms with Gasteiger partial charge in [0.25, 0.3) is 5.91 Å². The van der Waals surface area contributed by atoms with E-state index in [9.17, 15) is 23.2 Å². The third kappa shape index (κ3) is 7.36. The molecule has 1 aliphatic rings. The van der Waals surface area contributed by atoms with E-state index in [4.69, 9.17) is 18.9 Å². The molecule has 0 aliphatic carbocycles. The molecule has 1 aromatic heterocycles. The van der Waals surface area contributed by atoms with Crippen molar-refractivity contribution in [3.05, 3.63) is 106 Å². The number of methoxy groups -OCH3 is 3. The summed E-state index contributed by atoms with van der Waals surface area (Å²) in [6.45, 7) is 6.83. The molecule has 4 aromatic rings. The summed E-state index contributed by atoms with van der Waals surface area (Å²) in [7, 11) is 4.27. The van der Waals surface area contributed by atoms with E-state index in [-0.39, 0.29) is 42.5 Å². The molecule has 0 saturated heterocycles. The number of benzene rings is 3.